The molecule has 0 bridgehead atoms. The van der Waals surface area contributed by atoms with Crippen LogP contribution in [0.2, 0.25) is 4.34 Å². The van der Waals surface area contributed by atoms with E-state index >= 15 is 0 Å². The van der Waals surface area contributed by atoms with Crippen LogP contribution in [-0.2, 0) is 17.6 Å². The largest absolute Gasteiger partial charge is 0.493 e. The van der Waals surface area contributed by atoms with Gasteiger partial charge in [0.2, 0.25) is 5.91 Å². The number of amides is 1. The molecule has 0 saturated heterocycles. The maximum absolute atomic E-state index is 12.4. The number of thiazole rings is 1. The quantitative estimate of drug-likeness (QED) is 0.919. The molecule has 3 rings (SSSR count). The zero-order valence-corrected chi connectivity index (χ0v) is 14.5. The highest BCUT2D eigenvalue weighted by molar-refractivity contribution is 7.16. The first-order valence-corrected chi connectivity index (χ1v) is 8.93. The zero-order chi connectivity index (χ0) is 16.2. The van der Waals surface area contributed by atoms with Gasteiger partial charge in [0.05, 0.1) is 17.3 Å². The van der Waals surface area contributed by atoms with Gasteiger partial charge in [-0.1, -0.05) is 29.8 Å². The molecule has 2 heterocycles. The van der Waals surface area contributed by atoms with E-state index in [4.69, 9.17) is 16.3 Å². The molecule has 0 aliphatic carbocycles. The lowest BCUT2D eigenvalue weighted by molar-refractivity contribution is -0.125. The first kappa shape index (κ1) is 16.3. The molecule has 0 fully saturated rings. The van der Waals surface area contributed by atoms with Gasteiger partial charge in [-0.05, 0) is 31.4 Å². The molecule has 1 aliphatic rings. The van der Waals surface area contributed by atoms with E-state index in [1.807, 2.05) is 31.2 Å². The van der Waals surface area contributed by atoms with E-state index in [0.29, 0.717) is 19.6 Å². The van der Waals surface area contributed by atoms with Crippen LogP contribution in [-0.4, -0.2) is 24.0 Å². The van der Waals surface area contributed by atoms with E-state index < -0.39 is 0 Å². The summed E-state index contributed by atoms with van der Waals surface area (Å²) in [6.45, 7) is 3.06. The SMILES string of the molecule is Cc1nc(CCNC(=O)[C@H]2CCOc3ccccc3C2)sc1Cl. The molecule has 0 unspecified atom stereocenters. The molecule has 1 amide bonds. The number of fused-ring (bicyclic) bond motifs is 1. The van der Waals surface area contributed by atoms with Gasteiger partial charge < -0.3 is 10.1 Å². The Hall–Kier alpha value is -1.59. The third-order valence-corrected chi connectivity index (χ3v) is 5.47. The molecule has 1 N–H and O–H groups in total. The average molecular weight is 351 g/mol. The summed E-state index contributed by atoms with van der Waals surface area (Å²) in [5.74, 6) is 0.945. The number of nitrogens with one attached hydrogen (secondary N) is 1. The van der Waals surface area contributed by atoms with Crippen LogP contribution in [0.3, 0.4) is 0 Å². The number of benzene rings is 1. The predicted octanol–water partition coefficient (Wildman–Crippen LogP) is 3.41. The number of rotatable bonds is 4. The van der Waals surface area contributed by atoms with E-state index in [1.54, 1.807) is 0 Å². The number of carbonyl (C=O) groups is 1. The molecule has 6 heteroatoms. The summed E-state index contributed by atoms with van der Waals surface area (Å²) >= 11 is 7.49. The Kier molecular flexibility index (Phi) is 5.18. The molecular weight excluding hydrogens is 332 g/mol. The van der Waals surface area contributed by atoms with Gasteiger partial charge >= 0.3 is 0 Å². The van der Waals surface area contributed by atoms with Gasteiger partial charge in [-0.15, -0.1) is 11.3 Å². The molecule has 1 aromatic heterocycles. The monoisotopic (exact) mass is 350 g/mol. The Balaban J connectivity index is 1.54. The molecule has 0 radical (unpaired) electrons. The van der Waals surface area contributed by atoms with Crippen molar-refractivity contribution in [3.63, 3.8) is 0 Å². The predicted molar refractivity (Wildman–Crippen MR) is 92.3 cm³/mol. The highest BCUT2D eigenvalue weighted by Gasteiger charge is 2.23. The average Bonchev–Trinajstić information content (AvgIpc) is 2.75. The first-order valence-electron chi connectivity index (χ1n) is 7.73. The molecule has 1 aromatic carbocycles. The summed E-state index contributed by atoms with van der Waals surface area (Å²) in [5.41, 5.74) is 1.96. The van der Waals surface area contributed by atoms with Gasteiger partial charge in [-0.25, -0.2) is 4.98 Å². The number of ether oxygens (including phenoxy) is 1. The van der Waals surface area contributed by atoms with Crippen molar-refractivity contribution < 1.29 is 9.53 Å². The molecule has 23 heavy (non-hydrogen) atoms. The molecule has 122 valence electrons. The minimum atomic E-state index is -0.0414. The molecule has 4 nitrogen and oxygen atoms in total. The lowest BCUT2D eigenvalue weighted by Crippen LogP contribution is -2.33. The summed E-state index contributed by atoms with van der Waals surface area (Å²) in [7, 11) is 0. The number of hydrogen-bond acceptors (Lipinski definition) is 4. The summed E-state index contributed by atoms with van der Waals surface area (Å²) in [6.07, 6.45) is 2.18. The zero-order valence-electron chi connectivity index (χ0n) is 13.0. The van der Waals surface area contributed by atoms with Crippen LogP contribution in [0.5, 0.6) is 5.75 Å². The van der Waals surface area contributed by atoms with Crippen LogP contribution in [0, 0.1) is 12.8 Å². The maximum atomic E-state index is 12.4. The normalized spacial score (nSPS) is 17.0. The number of para-hydroxylation sites is 1. The van der Waals surface area contributed by atoms with Gasteiger partial charge in [0.25, 0.3) is 0 Å². The minimum absolute atomic E-state index is 0.0414. The van der Waals surface area contributed by atoms with Gasteiger partial charge in [-0.3, -0.25) is 4.79 Å². The Morgan fingerprint density at radius 3 is 3.09 bits per heavy atom. The second-order valence-electron chi connectivity index (χ2n) is 5.65. The van der Waals surface area contributed by atoms with Crippen LogP contribution in [0.15, 0.2) is 24.3 Å². The number of halogens is 1. The number of aromatic nitrogens is 1. The van der Waals surface area contributed by atoms with Crippen LogP contribution in [0.1, 0.15) is 22.7 Å². The third-order valence-electron chi connectivity index (χ3n) is 3.96. The minimum Gasteiger partial charge on any atom is -0.493 e. The van der Waals surface area contributed by atoms with Crippen molar-refractivity contribution in [2.45, 2.75) is 26.2 Å². The summed E-state index contributed by atoms with van der Waals surface area (Å²) in [5, 5.41) is 3.98. The van der Waals surface area contributed by atoms with Gasteiger partial charge in [0, 0.05) is 18.9 Å². The Morgan fingerprint density at radius 2 is 2.30 bits per heavy atom. The van der Waals surface area contributed by atoms with Gasteiger partial charge in [-0.2, -0.15) is 0 Å². The van der Waals surface area contributed by atoms with E-state index in [1.165, 1.54) is 11.3 Å². The van der Waals surface area contributed by atoms with E-state index in [9.17, 15) is 4.79 Å². The molecule has 2 aromatic rings. The highest BCUT2D eigenvalue weighted by atomic mass is 35.5. The smallest absolute Gasteiger partial charge is 0.223 e. The van der Waals surface area contributed by atoms with Crippen LogP contribution in [0.25, 0.3) is 0 Å². The number of nitrogens with zero attached hydrogens (tertiary/aromatic N) is 1. The van der Waals surface area contributed by atoms with Crippen molar-refractivity contribution in [1.29, 1.82) is 0 Å². The van der Waals surface area contributed by atoms with Crippen molar-refractivity contribution in [3.05, 3.63) is 44.9 Å². The fourth-order valence-electron chi connectivity index (χ4n) is 2.69. The summed E-state index contributed by atoms with van der Waals surface area (Å²) < 4.78 is 6.44. The van der Waals surface area contributed by atoms with Crippen molar-refractivity contribution in [1.82, 2.24) is 10.3 Å². The Bertz CT molecular complexity index is 682. The number of carbonyl (C=O) groups excluding carboxylic acids is 1. The topological polar surface area (TPSA) is 51.2 Å². The van der Waals surface area contributed by atoms with Crippen molar-refractivity contribution in [3.8, 4) is 5.75 Å². The lowest BCUT2D eigenvalue weighted by Gasteiger charge is -2.13. The van der Waals surface area contributed by atoms with Crippen molar-refractivity contribution in [2.24, 2.45) is 5.92 Å². The van der Waals surface area contributed by atoms with Crippen molar-refractivity contribution in [2.75, 3.05) is 13.2 Å². The fraction of sp³-hybridized carbons (Fsp3) is 0.412. The van der Waals surface area contributed by atoms with Crippen LogP contribution >= 0.6 is 22.9 Å². The van der Waals surface area contributed by atoms with E-state index in [0.717, 1.165) is 39.2 Å². The van der Waals surface area contributed by atoms with Crippen LogP contribution < -0.4 is 10.1 Å². The third kappa shape index (κ3) is 4.03. The molecule has 0 saturated carbocycles. The second kappa shape index (κ2) is 7.32. The molecule has 1 atom stereocenters. The van der Waals surface area contributed by atoms with E-state index in [-0.39, 0.29) is 11.8 Å². The molecular formula is C17H19ClN2O2S. The van der Waals surface area contributed by atoms with Gasteiger partial charge in [0.1, 0.15) is 10.1 Å². The Labute approximate surface area is 144 Å². The second-order valence-corrected chi connectivity index (χ2v) is 7.34. The maximum Gasteiger partial charge on any atom is 0.223 e. The first-order chi connectivity index (χ1) is 11.1. The summed E-state index contributed by atoms with van der Waals surface area (Å²) in [6, 6.07) is 7.93. The van der Waals surface area contributed by atoms with Crippen LogP contribution in [0.4, 0.5) is 0 Å². The number of hydrogen-bond donors (Lipinski definition) is 1. The Morgan fingerprint density at radius 1 is 1.48 bits per heavy atom. The van der Waals surface area contributed by atoms with E-state index in [2.05, 4.69) is 10.3 Å². The van der Waals surface area contributed by atoms with Gasteiger partial charge in [0.15, 0.2) is 0 Å². The summed E-state index contributed by atoms with van der Waals surface area (Å²) in [4.78, 5) is 16.8. The molecule has 1 aliphatic heterocycles. The standard InChI is InChI=1S/C17H19ClN2O2S/c1-11-16(18)23-15(20-11)6-8-19-17(21)13-7-9-22-14-5-3-2-4-12(14)10-13/h2-5,13H,6-10H2,1H3,(H,19,21)/t13-/m0/s1. The fourth-order valence-corrected chi connectivity index (χ4v) is 3.79. The highest BCUT2D eigenvalue weighted by Crippen LogP contribution is 2.27. The molecule has 0 spiro atoms. The lowest BCUT2D eigenvalue weighted by atomic mass is 9.96. The number of aryl methyl sites for hydroxylation is 1. The van der Waals surface area contributed by atoms with Crippen molar-refractivity contribution >= 4 is 28.8 Å².